The molecule has 3 N–H and O–H groups in total. The molecule has 0 atom stereocenters. The number of thiocarbonyl (C=S) groups is 1. The molecule has 0 spiro atoms. The van der Waals surface area contributed by atoms with Gasteiger partial charge in [0.05, 0.1) is 23.8 Å². The molecule has 5 nitrogen and oxygen atoms in total. The van der Waals surface area contributed by atoms with Gasteiger partial charge in [-0.2, -0.15) is 5.10 Å². The molecule has 82 valence electrons. The number of anilines is 2. The maximum atomic E-state index is 5.62. The number of hydrogen-bond acceptors (Lipinski definition) is 4. The van der Waals surface area contributed by atoms with Crippen molar-refractivity contribution in [3.8, 4) is 0 Å². The number of pyridine rings is 1. The minimum atomic E-state index is 0.341. The van der Waals surface area contributed by atoms with Gasteiger partial charge < -0.3 is 11.1 Å². The molecule has 0 radical (unpaired) electrons. The van der Waals surface area contributed by atoms with Crippen molar-refractivity contribution in [3.05, 3.63) is 36.4 Å². The van der Waals surface area contributed by atoms with E-state index in [0.717, 1.165) is 16.9 Å². The van der Waals surface area contributed by atoms with E-state index in [2.05, 4.69) is 15.4 Å². The van der Waals surface area contributed by atoms with Gasteiger partial charge in [0.15, 0.2) is 0 Å². The van der Waals surface area contributed by atoms with Crippen LogP contribution < -0.4 is 11.1 Å². The number of aromatic nitrogens is 3. The van der Waals surface area contributed by atoms with Crippen LogP contribution in [0.2, 0.25) is 0 Å². The van der Waals surface area contributed by atoms with Crippen LogP contribution in [0.5, 0.6) is 0 Å². The standard InChI is InChI=1S/C10H11N5S/c1-15-6-7(4-13-15)14-9-5-12-3-2-8(9)10(11)16/h2-6,14H,1H3,(H2,11,16). The average molecular weight is 233 g/mol. The molecule has 0 unspecified atom stereocenters. The van der Waals surface area contributed by atoms with E-state index >= 15 is 0 Å². The highest BCUT2D eigenvalue weighted by Gasteiger charge is 2.05. The monoisotopic (exact) mass is 233 g/mol. The SMILES string of the molecule is Cn1cc(Nc2cnccc2C(N)=S)cn1. The summed E-state index contributed by atoms with van der Waals surface area (Å²) in [7, 11) is 1.85. The zero-order chi connectivity index (χ0) is 11.5. The molecule has 0 saturated carbocycles. The molecule has 0 aliphatic rings. The van der Waals surface area contributed by atoms with E-state index in [9.17, 15) is 0 Å². The Morgan fingerprint density at radius 2 is 2.31 bits per heavy atom. The van der Waals surface area contributed by atoms with Crippen LogP contribution in [0.4, 0.5) is 11.4 Å². The van der Waals surface area contributed by atoms with Crippen LogP contribution in [0.3, 0.4) is 0 Å². The Balaban J connectivity index is 2.31. The smallest absolute Gasteiger partial charge is 0.106 e. The Bertz CT molecular complexity index is 519. The number of nitrogens with zero attached hydrogens (tertiary/aromatic N) is 3. The van der Waals surface area contributed by atoms with E-state index in [0.29, 0.717) is 4.99 Å². The average Bonchev–Trinajstić information content (AvgIpc) is 2.64. The molecule has 0 amide bonds. The summed E-state index contributed by atoms with van der Waals surface area (Å²) in [5, 5.41) is 7.22. The van der Waals surface area contributed by atoms with Gasteiger partial charge in [0.1, 0.15) is 4.99 Å². The lowest BCUT2D eigenvalue weighted by atomic mass is 10.2. The fraction of sp³-hybridized carbons (Fsp3) is 0.100. The van der Waals surface area contributed by atoms with Crippen molar-refractivity contribution < 1.29 is 0 Å². The lowest BCUT2D eigenvalue weighted by Gasteiger charge is -2.07. The minimum absolute atomic E-state index is 0.341. The largest absolute Gasteiger partial charge is 0.389 e. The van der Waals surface area contributed by atoms with Crippen LogP contribution in [-0.4, -0.2) is 19.8 Å². The van der Waals surface area contributed by atoms with E-state index in [1.54, 1.807) is 29.3 Å². The Kier molecular flexibility index (Phi) is 2.82. The summed E-state index contributed by atoms with van der Waals surface area (Å²) in [5.41, 5.74) is 8.04. The fourth-order valence-corrected chi connectivity index (χ4v) is 1.53. The van der Waals surface area contributed by atoms with E-state index in [1.165, 1.54) is 0 Å². The summed E-state index contributed by atoms with van der Waals surface area (Å²) < 4.78 is 1.71. The van der Waals surface area contributed by atoms with Gasteiger partial charge >= 0.3 is 0 Å². The predicted molar refractivity (Wildman–Crippen MR) is 66.6 cm³/mol. The second-order valence-electron chi connectivity index (χ2n) is 3.31. The molecule has 16 heavy (non-hydrogen) atoms. The first-order valence-electron chi connectivity index (χ1n) is 4.66. The van der Waals surface area contributed by atoms with E-state index in [1.807, 2.05) is 13.2 Å². The highest BCUT2D eigenvalue weighted by Crippen LogP contribution is 2.18. The molecular weight excluding hydrogens is 222 g/mol. The van der Waals surface area contributed by atoms with Gasteiger partial charge in [0, 0.05) is 25.0 Å². The van der Waals surface area contributed by atoms with Crippen molar-refractivity contribution in [3.63, 3.8) is 0 Å². The zero-order valence-electron chi connectivity index (χ0n) is 8.71. The van der Waals surface area contributed by atoms with Crippen molar-refractivity contribution in [1.82, 2.24) is 14.8 Å². The summed E-state index contributed by atoms with van der Waals surface area (Å²) in [6.07, 6.45) is 6.91. The van der Waals surface area contributed by atoms with Crippen LogP contribution in [0.15, 0.2) is 30.9 Å². The first-order valence-corrected chi connectivity index (χ1v) is 5.07. The predicted octanol–water partition coefficient (Wildman–Crippen LogP) is 1.19. The quantitative estimate of drug-likeness (QED) is 0.779. The van der Waals surface area contributed by atoms with Gasteiger partial charge in [-0.25, -0.2) is 0 Å². The normalized spacial score (nSPS) is 10.1. The molecule has 2 heterocycles. The second kappa shape index (κ2) is 4.28. The molecular formula is C10H11N5S. The molecule has 6 heteroatoms. The summed E-state index contributed by atoms with van der Waals surface area (Å²) in [6, 6.07) is 1.78. The number of hydrogen-bond donors (Lipinski definition) is 2. The van der Waals surface area contributed by atoms with Gasteiger partial charge in [0.2, 0.25) is 0 Å². The summed E-state index contributed by atoms with van der Waals surface area (Å²) in [5.74, 6) is 0. The summed E-state index contributed by atoms with van der Waals surface area (Å²) >= 11 is 4.96. The number of nitrogens with two attached hydrogens (primary N) is 1. The maximum absolute atomic E-state index is 5.62. The lowest BCUT2D eigenvalue weighted by molar-refractivity contribution is 0.768. The molecule has 0 aliphatic heterocycles. The number of aryl methyl sites for hydroxylation is 1. The zero-order valence-corrected chi connectivity index (χ0v) is 9.53. The molecule has 0 saturated heterocycles. The van der Waals surface area contributed by atoms with Crippen molar-refractivity contribution in [2.45, 2.75) is 0 Å². The van der Waals surface area contributed by atoms with E-state index in [4.69, 9.17) is 18.0 Å². The van der Waals surface area contributed by atoms with E-state index < -0.39 is 0 Å². The molecule has 2 rings (SSSR count). The topological polar surface area (TPSA) is 68.8 Å². The van der Waals surface area contributed by atoms with Crippen molar-refractivity contribution in [2.75, 3.05) is 5.32 Å². The molecule has 2 aromatic heterocycles. The molecule has 0 aromatic carbocycles. The third kappa shape index (κ3) is 2.17. The fourth-order valence-electron chi connectivity index (χ4n) is 1.35. The minimum Gasteiger partial charge on any atom is -0.389 e. The third-order valence-corrected chi connectivity index (χ3v) is 2.29. The molecule has 0 bridgehead atoms. The lowest BCUT2D eigenvalue weighted by Crippen LogP contribution is -2.11. The Morgan fingerprint density at radius 3 is 2.94 bits per heavy atom. The first kappa shape index (κ1) is 10.6. The summed E-state index contributed by atoms with van der Waals surface area (Å²) in [4.78, 5) is 4.37. The van der Waals surface area contributed by atoms with E-state index in [-0.39, 0.29) is 0 Å². The van der Waals surface area contributed by atoms with Crippen LogP contribution >= 0.6 is 12.2 Å². The molecule has 2 aromatic rings. The number of nitrogens with one attached hydrogen (secondary N) is 1. The van der Waals surface area contributed by atoms with Gasteiger partial charge in [-0.1, -0.05) is 12.2 Å². The number of rotatable bonds is 3. The molecule has 0 fully saturated rings. The van der Waals surface area contributed by atoms with Crippen molar-refractivity contribution in [2.24, 2.45) is 12.8 Å². The molecule has 0 aliphatic carbocycles. The van der Waals surface area contributed by atoms with Gasteiger partial charge in [-0.15, -0.1) is 0 Å². The van der Waals surface area contributed by atoms with Crippen molar-refractivity contribution >= 4 is 28.6 Å². The maximum Gasteiger partial charge on any atom is 0.106 e. The van der Waals surface area contributed by atoms with Crippen LogP contribution in [0.1, 0.15) is 5.56 Å². The van der Waals surface area contributed by atoms with Gasteiger partial charge in [0.25, 0.3) is 0 Å². The Labute approximate surface area is 98.3 Å². The van der Waals surface area contributed by atoms with Gasteiger partial charge in [-0.3, -0.25) is 9.67 Å². The highest BCUT2D eigenvalue weighted by atomic mass is 32.1. The third-order valence-electron chi connectivity index (χ3n) is 2.07. The van der Waals surface area contributed by atoms with Crippen molar-refractivity contribution in [1.29, 1.82) is 0 Å². The Hall–Kier alpha value is -1.95. The second-order valence-corrected chi connectivity index (χ2v) is 3.75. The van der Waals surface area contributed by atoms with Gasteiger partial charge in [-0.05, 0) is 6.07 Å². The van der Waals surface area contributed by atoms with Crippen LogP contribution in [-0.2, 0) is 7.05 Å². The summed E-state index contributed by atoms with van der Waals surface area (Å²) in [6.45, 7) is 0. The first-order chi connectivity index (χ1) is 7.66. The Morgan fingerprint density at radius 1 is 1.50 bits per heavy atom. The van der Waals surface area contributed by atoms with Crippen LogP contribution in [0.25, 0.3) is 0 Å². The highest BCUT2D eigenvalue weighted by molar-refractivity contribution is 7.80. The van der Waals surface area contributed by atoms with Crippen LogP contribution in [0, 0.1) is 0 Å².